The standard InChI is InChI=1S/C9H18O3/c1-4-5-6-12-9(11)7(2)8(3)10/h7-8,10H,4-6H2,1-3H3/t7?,8-/m0/s1. The lowest BCUT2D eigenvalue weighted by molar-refractivity contribution is -0.151. The van der Waals surface area contributed by atoms with E-state index in [1.54, 1.807) is 13.8 Å². The number of aliphatic hydroxyl groups excluding tert-OH is 1. The Labute approximate surface area is 73.7 Å². The highest BCUT2D eigenvalue weighted by atomic mass is 16.5. The second-order valence-corrected chi connectivity index (χ2v) is 3.05. The van der Waals surface area contributed by atoms with Gasteiger partial charge in [0.15, 0.2) is 0 Å². The minimum atomic E-state index is -0.626. The summed E-state index contributed by atoms with van der Waals surface area (Å²) in [5, 5.41) is 9.05. The van der Waals surface area contributed by atoms with Crippen LogP contribution in [0.2, 0.25) is 0 Å². The van der Waals surface area contributed by atoms with Crippen molar-refractivity contribution in [2.75, 3.05) is 6.61 Å². The number of esters is 1. The molecule has 1 N–H and O–H groups in total. The lowest BCUT2D eigenvalue weighted by Crippen LogP contribution is -2.25. The third-order valence-electron chi connectivity index (χ3n) is 1.84. The molecule has 0 aliphatic rings. The van der Waals surface area contributed by atoms with Gasteiger partial charge >= 0.3 is 5.97 Å². The van der Waals surface area contributed by atoms with Gasteiger partial charge in [0.25, 0.3) is 0 Å². The maximum absolute atomic E-state index is 11.1. The summed E-state index contributed by atoms with van der Waals surface area (Å²) in [6.07, 6.45) is 1.27. The van der Waals surface area contributed by atoms with Gasteiger partial charge in [-0.05, 0) is 20.3 Å². The number of rotatable bonds is 5. The van der Waals surface area contributed by atoms with Gasteiger partial charge in [0.05, 0.1) is 18.6 Å². The first-order valence-electron chi connectivity index (χ1n) is 4.44. The second kappa shape index (κ2) is 6.00. The minimum absolute atomic E-state index is 0.307. The smallest absolute Gasteiger partial charge is 0.311 e. The lowest BCUT2D eigenvalue weighted by atomic mass is 10.1. The van der Waals surface area contributed by atoms with E-state index in [2.05, 4.69) is 0 Å². The molecule has 72 valence electrons. The molecule has 0 saturated carbocycles. The van der Waals surface area contributed by atoms with Crippen molar-refractivity contribution in [2.24, 2.45) is 5.92 Å². The largest absolute Gasteiger partial charge is 0.465 e. The summed E-state index contributed by atoms with van der Waals surface area (Å²) in [6.45, 7) is 5.75. The third-order valence-corrected chi connectivity index (χ3v) is 1.84. The van der Waals surface area contributed by atoms with E-state index in [9.17, 15) is 4.79 Å². The maximum atomic E-state index is 11.1. The van der Waals surface area contributed by atoms with Crippen LogP contribution in [0.15, 0.2) is 0 Å². The Hall–Kier alpha value is -0.570. The zero-order valence-electron chi connectivity index (χ0n) is 8.04. The highest BCUT2D eigenvalue weighted by molar-refractivity contribution is 5.72. The van der Waals surface area contributed by atoms with Crippen LogP contribution in [0.1, 0.15) is 33.6 Å². The summed E-state index contributed by atoms with van der Waals surface area (Å²) < 4.78 is 4.91. The molecule has 0 rings (SSSR count). The number of hydrogen-bond acceptors (Lipinski definition) is 3. The zero-order chi connectivity index (χ0) is 9.56. The molecule has 0 aromatic heterocycles. The number of carbonyl (C=O) groups is 1. The Bertz CT molecular complexity index is 132. The van der Waals surface area contributed by atoms with Gasteiger partial charge in [-0.25, -0.2) is 0 Å². The Balaban J connectivity index is 3.57. The van der Waals surface area contributed by atoms with E-state index in [4.69, 9.17) is 9.84 Å². The minimum Gasteiger partial charge on any atom is -0.465 e. The van der Waals surface area contributed by atoms with Gasteiger partial charge < -0.3 is 9.84 Å². The van der Waals surface area contributed by atoms with Gasteiger partial charge in [-0.3, -0.25) is 4.79 Å². The normalized spacial score (nSPS) is 15.3. The van der Waals surface area contributed by atoms with Crippen LogP contribution in [0.5, 0.6) is 0 Å². The van der Waals surface area contributed by atoms with Crippen LogP contribution in [0.3, 0.4) is 0 Å². The summed E-state index contributed by atoms with van der Waals surface area (Å²) in [5.41, 5.74) is 0. The molecule has 0 spiro atoms. The molecule has 0 bridgehead atoms. The van der Waals surface area contributed by atoms with E-state index in [1.807, 2.05) is 6.92 Å². The topological polar surface area (TPSA) is 46.5 Å². The summed E-state index contributed by atoms with van der Waals surface area (Å²) in [5.74, 6) is -0.722. The number of hydrogen-bond donors (Lipinski definition) is 1. The van der Waals surface area contributed by atoms with E-state index in [-0.39, 0.29) is 5.97 Å². The average Bonchev–Trinajstić information content (AvgIpc) is 2.03. The van der Waals surface area contributed by atoms with Gasteiger partial charge in [-0.15, -0.1) is 0 Å². The zero-order valence-corrected chi connectivity index (χ0v) is 8.04. The van der Waals surface area contributed by atoms with Crippen molar-refractivity contribution in [1.82, 2.24) is 0 Å². The van der Waals surface area contributed by atoms with Gasteiger partial charge in [0.1, 0.15) is 0 Å². The van der Waals surface area contributed by atoms with Crippen molar-refractivity contribution in [3.63, 3.8) is 0 Å². The fraction of sp³-hybridized carbons (Fsp3) is 0.889. The van der Waals surface area contributed by atoms with Crippen LogP contribution in [-0.2, 0) is 9.53 Å². The summed E-state index contributed by atoms with van der Waals surface area (Å²) in [4.78, 5) is 11.1. The molecule has 0 aromatic rings. The predicted molar refractivity (Wildman–Crippen MR) is 46.7 cm³/mol. The van der Waals surface area contributed by atoms with Crippen LogP contribution in [0.25, 0.3) is 0 Å². The van der Waals surface area contributed by atoms with Crippen molar-refractivity contribution in [1.29, 1.82) is 0 Å². The molecule has 0 saturated heterocycles. The Morgan fingerprint density at radius 3 is 2.50 bits per heavy atom. The van der Waals surface area contributed by atoms with Gasteiger partial charge in [0.2, 0.25) is 0 Å². The fourth-order valence-electron chi connectivity index (χ4n) is 0.645. The molecule has 0 radical (unpaired) electrons. The molecule has 2 atom stereocenters. The molecular formula is C9H18O3. The number of ether oxygens (including phenoxy) is 1. The fourth-order valence-corrected chi connectivity index (χ4v) is 0.645. The highest BCUT2D eigenvalue weighted by Gasteiger charge is 2.18. The van der Waals surface area contributed by atoms with Gasteiger partial charge in [-0.2, -0.15) is 0 Å². The van der Waals surface area contributed by atoms with Crippen molar-refractivity contribution in [3.05, 3.63) is 0 Å². The molecule has 0 heterocycles. The first-order chi connectivity index (χ1) is 5.59. The monoisotopic (exact) mass is 174 g/mol. The third kappa shape index (κ3) is 4.34. The van der Waals surface area contributed by atoms with Crippen molar-refractivity contribution in [3.8, 4) is 0 Å². The summed E-state index contributed by atoms with van der Waals surface area (Å²) >= 11 is 0. The highest BCUT2D eigenvalue weighted by Crippen LogP contribution is 2.04. The Morgan fingerprint density at radius 2 is 2.08 bits per heavy atom. The first-order valence-corrected chi connectivity index (χ1v) is 4.44. The molecule has 0 amide bonds. The van der Waals surface area contributed by atoms with Crippen LogP contribution in [-0.4, -0.2) is 23.8 Å². The summed E-state index contributed by atoms with van der Waals surface area (Å²) in [6, 6.07) is 0. The number of unbranched alkanes of at least 4 members (excludes halogenated alkanes) is 1. The van der Waals surface area contributed by atoms with Crippen molar-refractivity contribution in [2.45, 2.75) is 39.7 Å². The molecule has 0 aliphatic heterocycles. The SMILES string of the molecule is CCCCOC(=O)C(C)[C@H](C)O. The molecule has 3 nitrogen and oxygen atoms in total. The second-order valence-electron chi connectivity index (χ2n) is 3.05. The number of aliphatic hydroxyl groups is 1. The van der Waals surface area contributed by atoms with Gasteiger partial charge in [-0.1, -0.05) is 13.3 Å². The molecule has 12 heavy (non-hydrogen) atoms. The van der Waals surface area contributed by atoms with E-state index < -0.39 is 12.0 Å². The van der Waals surface area contributed by atoms with E-state index >= 15 is 0 Å². The van der Waals surface area contributed by atoms with E-state index in [0.717, 1.165) is 12.8 Å². The molecule has 0 aliphatic carbocycles. The van der Waals surface area contributed by atoms with Gasteiger partial charge in [0, 0.05) is 0 Å². The first kappa shape index (κ1) is 11.4. The Kier molecular flexibility index (Phi) is 5.72. The lowest BCUT2D eigenvalue weighted by Gasteiger charge is -2.13. The molecule has 0 aromatic carbocycles. The molecule has 3 heteroatoms. The molecular weight excluding hydrogens is 156 g/mol. The van der Waals surface area contributed by atoms with Crippen molar-refractivity contribution < 1.29 is 14.6 Å². The van der Waals surface area contributed by atoms with E-state index in [0.29, 0.717) is 6.61 Å². The number of carbonyl (C=O) groups excluding carboxylic acids is 1. The Morgan fingerprint density at radius 1 is 1.50 bits per heavy atom. The quantitative estimate of drug-likeness (QED) is 0.505. The maximum Gasteiger partial charge on any atom is 0.311 e. The molecule has 1 unspecified atom stereocenters. The molecule has 0 fully saturated rings. The van der Waals surface area contributed by atoms with Crippen LogP contribution in [0, 0.1) is 5.92 Å². The average molecular weight is 174 g/mol. The van der Waals surface area contributed by atoms with Crippen LogP contribution >= 0.6 is 0 Å². The predicted octanol–water partition coefficient (Wildman–Crippen LogP) is 1.35. The van der Waals surface area contributed by atoms with E-state index in [1.165, 1.54) is 0 Å². The van der Waals surface area contributed by atoms with Crippen LogP contribution < -0.4 is 0 Å². The van der Waals surface area contributed by atoms with Crippen molar-refractivity contribution >= 4 is 5.97 Å². The van der Waals surface area contributed by atoms with Crippen LogP contribution in [0.4, 0.5) is 0 Å². The summed E-state index contributed by atoms with van der Waals surface area (Å²) in [7, 11) is 0.